The minimum absolute atomic E-state index is 0.195. The highest BCUT2D eigenvalue weighted by atomic mass is 16.4. The molecule has 2 aromatic heterocycles. The maximum absolute atomic E-state index is 12.4. The van der Waals surface area contributed by atoms with E-state index in [0.717, 1.165) is 5.69 Å². The van der Waals surface area contributed by atoms with Crippen LogP contribution in [0.15, 0.2) is 36.5 Å². The summed E-state index contributed by atoms with van der Waals surface area (Å²) in [5.74, 6) is -2.58. The van der Waals surface area contributed by atoms with Crippen molar-refractivity contribution in [1.29, 1.82) is 0 Å². The van der Waals surface area contributed by atoms with Crippen molar-refractivity contribution in [1.82, 2.24) is 20.3 Å². The minimum atomic E-state index is -1.30. The summed E-state index contributed by atoms with van der Waals surface area (Å²) < 4.78 is 0. The van der Waals surface area contributed by atoms with E-state index in [9.17, 15) is 19.5 Å². The number of hydrogen-bond donors (Lipinski definition) is 5. The molecule has 1 unspecified atom stereocenters. The smallest absolute Gasteiger partial charge is 0.326 e. The van der Waals surface area contributed by atoms with Crippen LogP contribution in [0.25, 0.3) is 11.0 Å². The van der Waals surface area contributed by atoms with E-state index in [0.29, 0.717) is 23.3 Å². The van der Waals surface area contributed by atoms with Gasteiger partial charge in [-0.15, -0.1) is 0 Å². The van der Waals surface area contributed by atoms with Crippen LogP contribution in [0.2, 0.25) is 0 Å². The molecule has 0 saturated carbocycles. The van der Waals surface area contributed by atoms with Gasteiger partial charge in [0.1, 0.15) is 17.4 Å². The normalized spacial score (nSPS) is 11.7. The lowest BCUT2D eigenvalue weighted by molar-refractivity contribution is -0.140. The van der Waals surface area contributed by atoms with Crippen LogP contribution in [0, 0.1) is 0 Å². The molecule has 3 aromatic rings. The average molecular weight is 453 g/mol. The second-order valence-electron chi connectivity index (χ2n) is 7.36. The number of fused-ring (bicyclic) bond motifs is 1. The van der Waals surface area contributed by atoms with Crippen LogP contribution in [0.1, 0.15) is 28.9 Å². The molecule has 33 heavy (non-hydrogen) atoms. The maximum Gasteiger partial charge on any atom is 0.326 e. The van der Waals surface area contributed by atoms with Crippen molar-refractivity contribution < 1.29 is 24.6 Å². The fourth-order valence-electron chi connectivity index (χ4n) is 3.14. The van der Waals surface area contributed by atoms with Crippen LogP contribution < -0.4 is 21.7 Å². The van der Waals surface area contributed by atoms with Crippen molar-refractivity contribution in [2.75, 3.05) is 23.4 Å². The number of amides is 1. The molecule has 12 heteroatoms. The second-order valence-corrected chi connectivity index (χ2v) is 7.36. The molecule has 1 atom stereocenters. The summed E-state index contributed by atoms with van der Waals surface area (Å²) in [5.41, 5.74) is 14.2. The van der Waals surface area contributed by atoms with Crippen LogP contribution in [-0.2, 0) is 16.1 Å². The van der Waals surface area contributed by atoms with Gasteiger partial charge in [0.05, 0.1) is 24.0 Å². The van der Waals surface area contributed by atoms with Gasteiger partial charge >= 0.3 is 11.9 Å². The van der Waals surface area contributed by atoms with Crippen LogP contribution in [0.4, 0.5) is 17.3 Å². The molecule has 7 N–H and O–H groups in total. The Morgan fingerprint density at radius 2 is 1.82 bits per heavy atom. The lowest BCUT2D eigenvalue weighted by Gasteiger charge is -2.19. The van der Waals surface area contributed by atoms with Crippen molar-refractivity contribution in [3.05, 3.63) is 47.8 Å². The van der Waals surface area contributed by atoms with E-state index < -0.39 is 23.9 Å². The number of rotatable bonds is 9. The number of nitrogens with two attached hydrogens (primary N) is 2. The molecule has 2 heterocycles. The fraction of sp³-hybridized carbons (Fsp3) is 0.238. The molecule has 1 aromatic carbocycles. The largest absolute Gasteiger partial charge is 0.481 e. The highest BCUT2D eigenvalue weighted by Crippen LogP contribution is 2.20. The molecule has 172 valence electrons. The number of benzene rings is 1. The zero-order chi connectivity index (χ0) is 24.1. The summed E-state index contributed by atoms with van der Waals surface area (Å²) in [6.45, 7) is 0.397. The molecule has 0 fully saturated rings. The summed E-state index contributed by atoms with van der Waals surface area (Å²) >= 11 is 0. The number of aliphatic carboxylic acids is 2. The molecular weight excluding hydrogens is 430 g/mol. The number of nitrogens with zero attached hydrogens (tertiary/aromatic N) is 4. The molecule has 0 aliphatic carbocycles. The van der Waals surface area contributed by atoms with Crippen molar-refractivity contribution in [3.63, 3.8) is 0 Å². The number of anilines is 3. The summed E-state index contributed by atoms with van der Waals surface area (Å²) in [7, 11) is 1.83. The first kappa shape index (κ1) is 23.2. The third-order valence-corrected chi connectivity index (χ3v) is 4.85. The van der Waals surface area contributed by atoms with Crippen molar-refractivity contribution in [2.45, 2.75) is 25.4 Å². The molecule has 0 aliphatic heterocycles. The predicted molar refractivity (Wildman–Crippen MR) is 120 cm³/mol. The van der Waals surface area contributed by atoms with Crippen LogP contribution in [0.3, 0.4) is 0 Å². The van der Waals surface area contributed by atoms with Gasteiger partial charge in [0.15, 0.2) is 5.82 Å². The summed E-state index contributed by atoms with van der Waals surface area (Å²) in [4.78, 5) is 49.0. The number of carboxylic acid groups (broad SMARTS) is 2. The van der Waals surface area contributed by atoms with Gasteiger partial charge in [-0.2, -0.15) is 0 Å². The molecular formula is C21H23N7O5. The maximum atomic E-state index is 12.4. The zero-order valence-electron chi connectivity index (χ0n) is 17.7. The summed E-state index contributed by atoms with van der Waals surface area (Å²) in [5, 5.41) is 20.3. The first-order chi connectivity index (χ1) is 15.6. The van der Waals surface area contributed by atoms with E-state index in [1.807, 2.05) is 11.9 Å². The first-order valence-corrected chi connectivity index (χ1v) is 9.88. The molecule has 0 spiro atoms. The predicted octanol–water partition coefficient (Wildman–Crippen LogP) is 0.873. The Hall–Kier alpha value is -4.48. The summed E-state index contributed by atoms with van der Waals surface area (Å²) in [6.07, 6.45) is 1.03. The number of pyridine rings is 1. The average Bonchev–Trinajstić information content (AvgIpc) is 2.76. The Morgan fingerprint density at radius 1 is 1.12 bits per heavy atom. The highest BCUT2D eigenvalue weighted by molar-refractivity contribution is 5.97. The van der Waals surface area contributed by atoms with E-state index in [1.165, 1.54) is 0 Å². The SMILES string of the molecule is CN(Cc1cnc2cc(N)nc(N)c2n1)c1ccc(C(=O)NC(CCC(=O)O)C(=O)O)cc1. The van der Waals surface area contributed by atoms with Crippen molar-refractivity contribution in [2.24, 2.45) is 0 Å². The van der Waals surface area contributed by atoms with E-state index in [4.69, 9.17) is 16.6 Å². The Balaban J connectivity index is 1.67. The van der Waals surface area contributed by atoms with Crippen LogP contribution in [-0.4, -0.2) is 56.1 Å². The van der Waals surface area contributed by atoms with Gasteiger partial charge < -0.3 is 31.9 Å². The zero-order valence-corrected chi connectivity index (χ0v) is 17.7. The molecule has 0 radical (unpaired) electrons. The number of carboxylic acids is 2. The number of carbonyl (C=O) groups excluding carboxylic acids is 1. The standard InChI is InChI=1S/C21H23N7O5/c1-28(10-12-9-24-15-8-16(22)27-19(23)18(15)25-12)13-4-2-11(3-5-13)20(31)26-14(21(32)33)6-7-17(29)30/h2-5,8-9,14H,6-7,10H2,1H3,(H,26,31)(H,29,30)(H,32,33)(H4,22,23,27). The molecule has 12 nitrogen and oxygen atoms in total. The van der Waals surface area contributed by atoms with Crippen molar-refractivity contribution in [3.8, 4) is 0 Å². The second kappa shape index (κ2) is 9.77. The lowest BCUT2D eigenvalue weighted by Crippen LogP contribution is -2.41. The quantitative estimate of drug-likeness (QED) is 0.308. The Morgan fingerprint density at radius 3 is 2.45 bits per heavy atom. The number of nitrogens with one attached hydrogen (secondary N) is 1. The van der Waals surface area contributed by atoms with Gasteiger partial charge in [0, 0.05) is 30.8 Å². The Labute approximate surface area is 188 Å². The molecule has 0 aliphatic rings. The monoisotopic (exact) mass is 453 g/mol. The van der Waals surface area contributed by atoms with Crippen molar-refractivity contribution >= 4 is 46.2 Å². The number of hydrogen-bond acceptors (Lipinski definition) is 9. The molecule has 1 amide bonds. The third-order valence-electron chi connectivity index (χ3n) is 4.85. The van der Waals surface area contributed by atoms with Crippen LogP contribution >= 0.6 is 0 Å². The van der Waals surface area contributed by atoms with Gasteiger partial charge in [-0.25, -0.2) is 14.8 Å². The summed E-state index contributed by atoms with van der Waals surface area (Å²) in [6, 6.07) is 6.80. The van der Waals surface area contributed by atoms with Gasteiger partial charge in [0.2, 0.25) is 0 Å². The van der Waals surface area contributed by atoms with E-state index in [-0.39, 0.29) is 30.0 Å². The van der Waals surface area contributed by atoms with E-state index in [2.05, 4.69) is 20.3 Å². The van der Waals surface area contributed by atoms with E-state index in [1.54, 1.807) is 36.5 Å². The number of aromatic nitrogens is 3. The molecule has 0 saturated heterocycles. The molecule has 0 bridgehead atoms. The minimum Gasteiger partial charge on any atom is -0.481 e. The first-order valence-electron chi connectivity index (χ1n) is 9.88. The fourth-order valence-corrected chi connectivity index (χ4v) is 3.14. The number of carbonyl (C=O) groups is 3. The third kappa shape index (κ3) is 5.81. The lowest BCUT2D eigenvalue weighted by atomic mass is 10.1. The Kier molecular flexibility index (Phi) is 6.86. The van der Waals surface area contributed by atoms with Crippen LogP contribution in [0.5, 0.6) is 0 Å². The highest BCUT2D eigenvalue weighted by Gasteiger charge is 2.21. The Bertz CT molecular complexity index is 1200. The van der Waals surface area contributed by atoms with Gasteiger partial charge in [0.25, 0.3) is 5.91 Å². The van der Waals surface area contributed by atoms with E-state index >= 15 is 0 Å². The van der Waals surface area contributed by atoms with Gasteiger partial charge in [-0.3, -0.25) is 14.6 Å². The van der Waals surface area contributed by atoms with Gasteiger partial charge in [-0.05, 0) is 30.7 Å². The topological polar surface area (TPSA) is 198 Å². The number of nitrogen functional groups attached to an aromatic ring is 2. The van der Waals surface area contributed by atoms with Gasteiger partial charge in [-0.1, -0.05) is 0 Å². The molecule has 3 rings (SSSR count).